The van der Waals surface area contributed by atoms with Crippen LogP contribution >= 0.6 is 15.9 Å². The number of benzene rings is 1. The first-order valence-electron chi connectivity index (χ1n) is 5.90. The van der Waals surface area contributed by atoms with Gasteiger partial charge in [-0.2, -0.15) is 5.10 Å². The molecule has 1 aromatic carbocycles. The van der Waals surface area contributed by atoms with E-state index in [-0.39, 0.29) is 5.82 Å². The van der Waals surface area contributed by atoms with Gasteiger partial charge >= 0.3 is 0 Å². The van der Waals surface area contributed by atoms with Gasteiger partial charge in [-0.1, -0.05) is 0 Å². The van der Waals surface area contributed by atoms with Crippen LogP contribution in [-0.2, 0) is 12.8 Å². The fraction of sp³-hybridized carbons (Fsp3) is 0.308. The third kappa shape index (κ3) is 1.65. The lowest BCUT2D eigenvalue weighted by atomic mass is 10.2. The average molecular weight is 310 g/mol. The molecular weight excluding hydrogens is 297 g/mol. The number of nitrogen functional groups attached to an aromatic ring is 1. The molecule has 0 radical (unpaired) electrons. The molecule has 3 rings (SSSR count). The normalized spacial score (nSPS) is 13.9. The van der Waals surface area contributed by atoms with Gasteiger partial charge in [-0.05, 0) is 59.8 Å². The first kappa shape index (κ1) is 11.7. The van der Waals surface area contributed by atoms with Gasteiger partial charge in [0.25, 0.3) is 0 Å². The minimum absolute atomic E-state index is 0.256. The Morgan fingerprint density at radius 3 is 2.94 bits per heavy atom. The highest BCUT2D eigenvalue weighted by molar-refractivity contribution is 9.10. The average Bonchev–Trinajstić information content (AvgIpc) is 2.89. The molecule has 0 atom stereocenters. The molecule has 0 fully saturated rings. The number of anilines is 1. The predicted octanol–water partition coefficient (Wildman–Crippen LogP) is 3.15. The molecule has 0 spiro atoms. The Morgan fingerprint density at radius 1 is 1.39 bits per heavy atom. The van der Waals surface area contributed by atoms with Crippen LogP contribution in [0.2, 0.25) is 0 Å². The van der Waals surface area contributed by atoms with Gasteiger partial charge in [0.1, 0.15) is 11.6 Å². The number of hydrogen-bond acceptors (Lipinski definition) is 2. The second kappa shape index (κ2) is 4.09. The SMILES string of the molecule is Cc1cc(F)c(Br)cc1-n1nc(N)c2c1CCC2. The van der Waals surface area contributed by atoms with Crippen LogP contribution in [0.15, 0.2) is 16.6 Å². The molecule has 3 nitrogen and oxygen atoms in total. The molecule has 1 aliphatic rings. The minimum atomic E-state index is -0.256. The highest BCUT2D eigenvalue weighted by Gasteiger charge is 2.22. The second-order valence-corrected chi connectivity index (χ2v) is 5.48. The zero-order valence-corrected chi connectivity index (χ0v) is 11.6. The van der Waals surface area contributed by atoms with Gasteiger partial charge in [-0.25, -0.2) is 9.07 Å². The van der Waals surface area contributed by atoms with Crippen LogP contribution in [0.5, 0.6) is 0 Å². The predicted molar refractivity (Wildman–Crippen MR) is 72.4 cm³/mol. The van der Waals surface area contributed by atoms with E-state index in [1.807, 2.05) is 11.6 Å². The number of hydrogen-bond donors (Lipinski definition) is 1. The summed E-state index contributed by atoms with van der Waals surface area (Å²) in [5.41, 5.74) is 9.98. The Labute approximate surface area is 113 Å². The summed E-state index contributed by atoms with van der Waals surface area (Å²) in [5, 5.41) is 4.39. The standard InChI is InChI=1S/C13H13BrFN3/c1-7-5-10(15)9(14)6-12(7)18-11-4-2-3-8(11)13(16)17-18/h5-6H,2-4H2,1H3,(H2,16,17). The molecule has 0 unspecified atom stereocenters. The molecular formula is C13H13BrFN3. The van der Waals surface area contributed by atoms with Crippen molar-refractivity contribution in [3.63, 3.8) is 0 Å². The van der Waals surface area contributed by atoms with Crippen LogP contribution in [0.25, 0.3) is 5.69 Å². The lowest BCUT2D eigenvalue weighted by Crippen LogP contribution is -2.04. The molecule has 0 aliphatic heterocycles. The van der Waals surface area contributed by atoms with E-state index < -0.39 is 0 Å². The zero-order chi connectivity index (χ0) is 12.9. The molecule has 1 aliphatic carbocycles. The van der Waals surface area contributed by atoms with E-state index in [4.69, 9.17) is 5.73 Å². The molecule has 2 N–H and O–H groups in total. The number of rotatable bonds is 1. The Morgan fingerprint density at radius 2 is 2.17 bits per heavy atom. The maximum atomic E-state index is 13.5. The van der Waals surface area contributed by atoms with Crippen molar-refractivity contribution in [2.24, 2.45) is 0 Å². The van der Waals surface area contributed by atoms with Crippen LogP contribution in [0.3, 0.4) is 0 Å². The van der Waals surface area contributed by atoms with Crippen molar-refractivity contribution < 1.29 is 4.39 Å². The van der Waals surface area contributed by atoms with E-state index in [9.17, 15) is 4.39 Å². The molecule has 0 saturated carbocycles. The van der Waals surface area contributed by atoms with E-state index >= 15 is 0 Å². The fourth-order valence-corrected chi connectivity index (χ4v) is 2.86. The number of aromatic nitrogens is 2. The van der Waals surface area contributed by atoms with Crippen molar-refractivity contribution in [3.8, 4) is 5.69 Å². The Kier molecular flexibility index (Phi) is 2.66. The summed E-state index contributed by atoms with van der Waals surface area (Å²) in [7, 11) is 0. The summed E-state index contributed by atoms with van der Waals surface area (Å²) in [5.74, 6) is 0.343. The molecule has 1 heterocycles. The lowest BCUT2D eigenvalue weighted by molar-refractivity contribution is 0.618. The summed E-state index contributed by atoms with van der Waals surface area (Å²) < 4.78 is 15.8. The summed E-state index contributed by atoms with van der Waals surface area (Å²) in [6.07, 6.45) is 3.08. The van der Waals surface area contributed by atoms with Crippen molar-refractivity contribution in [1.29, 1.82) is 0 Å². The van der Waals surface area contributed by atoms with Crippen molar-refractivity contribution in [3.05, 3.63) is 39.2 Å². The zero-order valence-electron chi connectivity index (χ0n) is 10.0. The minimum Gasteiger partial charge on any atom is -0.382 e. The van der Waals surface area contributed by atoms with E-state index in [2.05, 4.69) is 21.0 Å². The van der Waals surface area contributed by atoms with Gasteiger partial charge in [-0.15, -0.1) is 0 Å². The number of halogens is 2. The van der Waals surface area contributed by atoms with Gasteiger partial charge in [0, 0.05) is 11.3 Å². The molecule has 2 aromatic rings. The van der Waals surface area contributed by atoms with Crippen molar-refractivity contribution in [2.75, 3.05) is 5.73 Å². The molecule has 1 aromatic heterocycles. The Hall–Kier alpha value is -1.36. The molecule has 5 heteroatoms. The fourth-order valence-electron chi connectivity index (χ4n) is 2.53. The number of nitrogens with zero attached hydrogens (tertiary/aromatic N) is 2. The number of nitrogens with two attached hydrogens (primary N) is 1. The third-order valence-electron chi connectivity index (χ3n) is 3.43. The topological polar surface area (TPSA) is 43.8 Å². The van der Waals surface area contributed by atoms with Gasteiger partial charge in [0.15, 0.2) is 0 Å². The number of fused-ring (bicyclic) bond motifs is 1. The van der Waals surface area contributed by atoms with Crippen LogP contribution < -0.4 is 5.73 Å². The highest BCUT2D eigenvalue weighted by Crippen LogP contribution is 2.31. The third-order valence-corrected chi connectivity index (χ3v) is 4.04. The van der Waals surface area contributed by atoms with Crippen molar-refractivity contribution in [2.45, 2.75) is 26.2 Å². The van der Waals surface area contributed by atoms with E-state index in [1.54, 1.807) is 6.07 Å². The van der Waals surface area contributed by atoms with E-state index in [0.29, 0.717) is 10.3 Å². The highest BCUT2D eigenvalue weighted by atomic mass is 79.9. The smallest absolute Gasteiger partial charge is 0.149 e. The van der Waals surface area contributed by atoms with Crippen LogP contribution in [0, 0.1) is 12.7 Å². The van der Waals surface area contributed by atoms with Crippen molar-refractivity contribution >= 4 is 21.7 Å². The first-order valence-corrected chi connectivity index (χ1v) is 6.69. The molecule has 0 amide bonds. The van der Waals surface area contributed by atoms with Crippen LogP contribution in [-0.4, -0.2) is 9.78 Å². The van der Waals surface area contributed by atoms with Gasteiger partial charge in [0.05, 0.1) is 10.2 Å². The molecule has 94 valence electrons. The summed E-state index contributed by atoms with van der Waals surface area (Å²) in [6.45, 7) is 1.88. The quantitative estimate of drug-likeness (QED) is 0.879. The first-order chi connectivity index (χ1) is 8.58. The monoisotopic (exact) mass is 309 g/mol. The van der Waals surface area contributed by atoms with Gasteiger partial charge < -0.3 is 5.73 Å². The summed E-state index contributed by atoms with van der Waals surface area (Å²) in [4.78, 5) is 0. The lowest BCUT2D eigenvalue weighted by Gasteiger charge is -2.10. The largest absolute Gasteiger partial charge is 0.382 e. The van der Waals surface area contributed by atoms with E-state index in [1.165, 1.54) is 6.07 Å². The van der Waals surface area contributed by atoms with E-state index in [0.717, 1.165) is 41.8 Å². The molecule has 0 bridgehead atoms. The second-order valence-electron chi connectivity index (χ2n) is 4.63. The Bertz CT molecular complexity index is 634. The summed E-state index contributed by atoms with van der Waals surface area (Å²) in [6, 6.07) is 3.27. The maximum absolute atomic E-state index is 13.5. The Balaban J connectivity index is 2.22. The molecule has 0 saturated heterocycles. The molecule has 18 heavy (non-hydrogen) atoms. The summed E-state index contributed by atoms with van der Waals surface area (Å²) >= 11 is 3.22. The van der Waals surface area contributed by atoms with Gasteiger partial charge in [-0.3, -0.25) is 0 Å². The van der Waals surface area contributed by atoms with Crippen LogP contribution in [0.4, 0.5) is 10.2 Å². The van der Waals surface area contributed by atoms with Crippen molar-refractivity contribution in [1.82, 2.24) is 9.78 Å². The van der Waals surface area contributed by atoms with Gasteiger partial charge in [0.2, 0.25) is 0 Å². The maximum Gasteiger partial charge on any atom is 0.149 e. The number of aryl methyl sites for hydroxylation is 1. The van der Waals surface area contributed by atoms with Crippen LogP contribution in [0.1, 0.15) is 23.2 Å².